The Bertz CT molecular complexity index is 387. The summed E-state index contributed by atoms with van der Waals surface area (Å²) in [5, 5.41) is 5.41. The van der Waals surface area contributed by atoms with Gasteiger partial charge in [-0.15, -0.1) is 11.3 Å². The highest BCUT2D eigenvalue weighted by Gasteiger charge is 2.14. The van der Waals surface area contributed by atoms with Gasteiger partial charge in [0.1, 0.15) is 6.33 Å². The topological polar surface area (TPSA) is 50.7 Å². The third-order valence-electron chi connectivity index (χ3n) is 2.07. The molecule has 1 N–H and O–H groups in total. The Morgan fingerprint density at radius 3 is 2.80 bits per heavy atom. The zero-order valence-electron chi connectivity index (χ0n) is 8.42. The predicted octanol–water partition coefficient (Wildman–Crippen LogP) is 1.63. The first kappa shape index (κ1) is 10.2. The minimum Gasteiger partial charge on any atom is -0.305 e. The first-order valence-electron chi connectivity index (χ1n) is 4.78. The van der Waals surface area contributed by atoms with Crippen LogP contribution in [0.5, 0.6) is 0 Å². The first-order chi connectivity index (χ1) is 7.42. The Morgan fingerprint density at radius 1 is 1.40 bits per heavy atom. The van der Waals surface area contributed by atoms with Crippen molar-refractivity contribution in [1.29, 1.82) is 0 Å². The van der Waals surface area contributed by atoms with E-state index in [1.807, 2.05) is 23.3 Å². The maximum absolute atomic E-state index is 4.31. The summed E-state index contributed by atoms with van der Waals surface area (Å²) in [4.78, 5) is 12.4. The molecule has 0 aliphatic carbocycles. The molecular formula is C10H12N4S. The number of nitrogens with one attached hydrogen (secondary N) is 1. The van der Waals surface area contributed by atoms with Gasteiger partial charge in [-0.1, -0.05) is 6.92 Å². The molecular weight excluding hydrogens is 208 g/mol. The molecule has 0 saturated carbocycles. The molecule has 0 amide bonds. The van der Waals surface area contributed by atoms with E-state index in [0.29, 0.717) is 0 Å². The minimum absolute atomic E-state index is 0.0995. The van der Waals surface area contributed by atoms with E-state index in [1.165, 1.54) is 6.33 Å². The van der Waals surface area contributed by atoms with E-state index in [4.69, 9.17) is 0 Å². The van der Waals surface area contributed by atoms with E-state index in [2.05, 4.69) is 27.2 Å². The summed E-state index contributed by atoms with van der Waals surface area (Å²) in [6.45, 7) is 2.96. The van der Waals surface area contributed by atoms with Gasteiger partial charge in [0.05, 0.1) is 17.2 Å². The van der Waals surface area contributed by atoms with Gasteiger partial charge in [0.15, 0.2) is 0 Å². The van der Waals surface area contributed by atoms with Gasteiger partial charge in [-0.25, -0.2) is 15.0 Å². The van der Waals surface area contributed by atoms with E-state index in [1.54, 1.807) is 11.3 Å². The number of hydrogen-bond donors (Lipinski definition) is 1. The van der Waals surface area contributed by atoms with Crippen LogP contribution in [0.4, 0.5) is 0 Å². The quantitative estimate of drug-likeness (QED) is 0.851. The van der Waals surface area contributed by atoms with Crippen molar-refractivity contribution in [3.05, 3.63) is 40.9 Å². The van der Waals surface area contributed by atoms with Crippen molar-refractivity contribution >= 4 is 11.3 Å². The molecule has 0 radical (unpaired) electrons. The van der Waals surface area contributed by atoms with Crippen molar-refractivity contribution < 1.29 is 0 Å². The van der Waals surface area contributed by atoms with Crippen LogP contribution in [0.3, 0.4) is 0 Å². The van der Waals surface area contributed by atoms with Crippen LogP contribution < -0.4 is 5.32 Å². The smallest absolute Gasteiger partial charge is 0.115 e. The Balaban J connectivity index is 2.28. The monoisotopic (exact) mass is 220 g/mol. The van der Waals surface area contributed by atoms with Crippen LogP contribution in [-0.2, 0) is 0 Å². The standard InChI is InChI=1S/C10H12N4S/c1-2-13-10(9-5-15-7-14-9)8-3-11-6-12-4-8/h3-7,10,13H,2H2,1H3. The molecule has 0 saturated heterocycles. The van der Waals surface area contributed by atoms with Gasteiger partial charge < -0.3 is 5.32 Å². The summed E-state index contributed by atoms with van der Waals surface area (Å²) >= 11 is 1.60. The number of rotatable bonds is 4. The number of aromatic nitrogens is 3. The largest absolute Gasteiger partial charge is 0.305 e. The second-order valence-corrected chi connectivity index (χ2v) is 3.79. The summed E-state index contributed by atoms with van der Waals surface area (Å²) in [7, 11) is 0. The summed E-state index contributed by atoms with van der Waals surface area (Å²) in [6, 6.07) is 0.0995. The van der Waals surface area contributed by atoms with Gasteiger partial charge in [-0.3, -0.25) is 0 Å². The zero-order valence-corrected chi connectivity index (χ0v) is 9.24. The fraction of sp³-hybridized carbons (Fsp3) is 0.300. The van der Waals surface area contributed by atoms with Crippen LogP contribution in [0.25, 0.3) is 0 Å². The van der Waals surface area contributed by atoms with Crippen molar-refractivity contribution in [3.8, 4) is 0 Å². The van der Waals surface area contributed by atoms with E-state index in [9.17, 15) is 0 Å². The normalized spacial score (nSPS) is 12.6. The SMILES string of the molecule is CCNC(c1cncnc1)c1cscn1. The van der Waals surface area contributed by atoms with E-state index in [0.717, 1.165) is 17.8 Å². The van der Waals surface area contributed by atoms with Crippen LogP contribution in [-0.4, -0.2) is 21.5 Å². The van der Waals surface area contributed by atoms with E-state index < -0.39 is 0 Å². The van der Waals surface area contributed by atoms with E-state index >= 15 is 0 Å². The van der Waals surface area contributed by atoms with Crippen molar-refractivity contribution in [1.82, 2.24) is 20.3 Å². The fourth-order valence-corrected chi connectivity index (χ4v) is 2.00. The maximum atomic E-state index is 4.31. The van der Waals surface area contributed by atoms with Crippen molar-refractivity contribution in [2.24, 2.45) is 0 Å². The highest BCUT2D eigenvalue weighted by atomic mass is 32.1. The fourth-order valence-electron chi connectivity index (χ4n) is 1.42. The summed E-state index contributed by atoms with van der Waals surface area (Å²) < 4.78 is 0. The first-order valence-corrected chi connectivity index (χ1v) is 5.72. The Kier molecular flexibility index (Phi) is 3.37. The number of nitrogens with zero attached hydrogens (tertiary/aromatic N) is 3. The Morgan fingerprint density at radius 2 is 2.20 bits per heavy atom. The summed E-state index contributed by atoms with van der Waals surface area (Å²) in [5.41, 5.74) is 3.91. The van der Waals surface area contributed by atoms with Crippen LogP contribution >= 0.6 is 11.3 Å². The lowest BCUT2D eigenvalue weighted by Crippen LogP contribution is -2.22. The molecule has 1 unspecified atom stereocenters. The molecule has 78 valence electrons. The lowest BCUT2D eigenvalue weighted by atomic mass is 10.1. The molecule has 0 fully saturated rings. The molecule has 4 nitrogen and oxygen atoms in total. The molecule has 2 aromatic heterocycles. The van der Waals surface area contributed by atoms with Crippen LogP contribution in [0, 0.1) is 0 Å². The third kappa shape index (κ3) is 2.37. The molecule has 5 heteroatoms. The lowest BCUT2D eigenvalue weighted by Gasteiger charge is -2.14. The van der Waals surface area contributed by atoms with Crippen LogP contribution in [0.2, 0.25) is 0 Å². The minimum atomic E-state index is 0.0995. The molecule has 1 atom stereocenters. The molecule has 2 aromatic rings. The van der Waals surface area contributed by atoms with Gasteiger partial charge in [0.25, 0.3) is 0 Å². The average molecular weight is 220 g/mol. The Hall–Kier alpha value is -1.33. The van der Waals surface area contributed by atoms with Gasteiger partial charge in [-0.2, -0.15) is 0 Å². The van der Waals surface area contributed by atoms with Gasteiger partial charge >= 0.3 is 0 Å². The van der Waals surface area contributed by atoms with Crippen LogP contribution in [0.1, 0.15) is 24.2 Å². The second kappa shape index (κ2) is 4.95. The predicted molar refractivity (Wildman–Crippen MR) is 59.7 cm³/mol. The van der Waals surface area contributed by atoms with Crippen molar-refractivity contribution in [2.75, 3.05) is 6.54 Å². The lowest BCUT2D eigenvalue weighted by molar-refractivity contribution is 0.614. The summed E-state index contributed by atoms with van der Waals surface area (Å²) in [5.74, 6) is 0. The molecule has 0 bridgehead atoms. The van der Waals surface area contributed by atoms with Crippen LogP contribution in [0.15, 0.2) is 29.6 Å². The van der Waals surface area contributed by atoms with Gasteiger partial charge in [0, 0.05) is 23.3 Å². The molecule has 0 aromatic carbocycles. The average Bonchev–Trinajstić information content (AvgIpc) is 2.80. The highest BCUT2D eigenvalue weighted by molar-refractivity contribution is 7.07. The van der Waals surface area contributed by atoms with Gasteiger partial charge in [0.2, 0.25) is 0 Å². The molecule has 2 heterocycles. The molecule has 0 aliphatic rings. The second-order valence-electron chi connectivity index (χ2n) is 3.08. The Labute approximate surface area is 92.4 Å². The van der Waals surface area contributed by atoms with Crippen molar-refractivity contribution in [2.45, 2.75) is 13.0 Å². The molecule has 15 heavy (non-hydrogen) atoms. The number of hydrogen-bond acceptors (Lipinski definition) is 5. The van der Waals surface area contributed by atoms with Gasteiger partial charge in [-0.05, 0) is 6.54 Å². The molecule has 0 spiro atoms. The molecule has 2 rings (SSSR count). The maximum Gasteiger partial charge on any atom is 0.115 e. The van der Waals surface area contributed by atoms with Crippen molar-refractivity contribution in [3.63, 3.8) is 0 Å². The highest BCUT2D eigenvalue weighted by Crippen LogP contribution is 2.19. The number of thiazole rings is 1. The zero-order chi connectivity index (χ0) is 10.5. The van der Waals surface area contributed by atoms with E-state index in [-0.39, 0.29) is 6.04 Å². The third-order valence-corrected chi connectivity index (χ3v) is 2.67. The summed E-state index contributed by atoms with van der Waals surface area (Å²) in [6.07, 6.45) is 5.17. The molecule has 0 aliphatic heterocycles.